The third-order valence-corrected chi connectivity index (χ3v) is 7.32. The van der Waals surface area contributed by atoms with E-state index < -0.39 is 15.9 Å². The number of benzene rings is 3. The second-order valence-electron chi connectivity index (χ2n) is 7.92. The predicted octanol–water partition coefficient (Wildman–Crippen LogP) is 5.82. The molecule has 0 atom stereocenters. The number of hydrogen-bond acceptors (Lipinski definition) is 7. The molecule has 12 heteroatoms. The number of sulfonamides is 1. The normalized spacial score (nSPS) is 11.3. The summed E-state index contributed by atoms with van der Waals surface area (Å²) in [6, 6.07) is 17.7. The molecule has 0 saturated heterocycles. The zero-order chi connectivity index (χ0) is 27.8. The Hall–Kier alpha value is -4.12. The van der Waals surface area contributed by atoms with Crippen LogP contribution in [-0.2, 0) is 21.4 Å². The van der Waals surface area contributed by atoms with E-state index >= 15 is 0 Å². The van der Waals surface area contributed by atoms with Crippen molar-refractivity contribution in [2.75, 3.05) is 17.1 Å². The second-order valence-corrected chi connectivity index (χ2v) is 10.4. The number of hydrogen-bond donors (Lipinski definition) is 2. The number of nitrogens with zero attached hydrogens (tertiary/aromatic N) is 2. The predicted molar refractivity (Wildman–Crippen MR) is 151 cm³/mol. The Balaban J connectivity index is 1.36. The highest BCUT2D eigenvalue weighted by molar-refractivity contribution is 7.92. The lowest BCUT2D eigenvalue weighted by Crippen LogP contribution is -2.15. The van der Waals surface area contributed by atoms with Gasteiger partial charge in [0.15, 0.2) is 11.5 Å². The van der Waals surface area contributed by atoms with E-state index in [1.54, 1.807) is 48.5 Å². The molecule has 0 bridgehead atoms. The van der Waals surface area contributed by atoms with Crippen molar-refractivity contribution in [3.8, 4) is 11.5 Å². The lowest BCUT2D eigenvalue weighted by Gasteiger charge is -2.13. The van der Waals surface area contributed by atoms with Gasteiger partial charge < -0.3 is 14.8 Å². The number of nitrogens with one attached hydrogen (secondary N) is 2. The topological polar surface area (TPSA) is 120 Å². The third kappa shape index (κ3) is 7.47. The van der Waals surface area contributed by atoms with Gasteiger partial charge in [-0.25, -0.2) is 23.1 Å². The Morgan fingerprint density at radius 1 is 0.949 bits per heavy atom. The summed E-state index contributed by atoms with van der Waals surface area (Å²) in [6.45, 7) is 0.155. The SMILES string of the molecule is COc1cc(C=CC(=O)Nc2ccc(S(=O)(=O)Nc3ncccn3)cc2)ccc1OCc1c(Cl)cccc1Cl. The zero-order valence-corrected chi connectivity index (χ0v) is 22.8. The highest BCUT2D eigenvalue weighted by Gasteiger charge is 2.15. The minimum atomic E-state index is -3.88. The van der Waals surface area contributed by atoms with E-state index in [0.717, 1.165) is 0 Å². The molecule has 0 fully saturated rings. The molecule has 200 valence electrons. The highest BCUT2D eigenvalue weighted by atomic mass is 35.5. The number of halogens is 2. The first kappa shape index (κ1) is 27.9. The van der Waals surface area contributed by atoms with Crippen LogP contribution in [0.1, 0.15) is 11.1 Å². The molecule has 4 aromatic rings. The molecule has 9 nitrogen and oxygen atoms in total. The Kier molecular flexibility index (Phi) is 9.03. The van der Waals surface area contributed by atoms with E-state index in [2.05, 4.69) is 20.0 Å². The molecule has 0 aliphatic heterocycles. The molecule has 4 rings (SSSR count). The molecular weight excluding hydrogens is 563 g/mol. The van der Waals surface area contributed by atoms with Gasteiger partial charge in [0.1, 0.15) is 6.61 Å². The molecule has 0 saturated carbocycles. The monoisotopic (exact) mass is 584 g/mol. The Labute approximate surface area is 235 Å². The van der Waals surface area contributed by atoms with Crippen molar-refractivity contribution in [1.82, 2.24) is 9.97 Å². The Bertz CT molecular complexity index is 1580. The first-order chi connectivity index (χ1) is 18.7. The van der Waals surface area contributed by atoms with Crippen molar-refractivity contribution in [2.24, 2.45) is 0 Å². The van der Waals surface area contributed by atoms with Gasteiger partial charge in [-0.3, -0.25) is 4.79 Å². The maximum absolute atomic E-state index is 12.5. The van der Waals surface area contributed by atoms with Crippen LogP contribution in [0.15, 0.2) is 90.1 Å². The smallest absolute Gasteiger partial charge is 0.264 e. The van der Waals surface area contributed by atoms with Gasteiger partial charge in [0.2, 0.25) is 11.9 Å². The number of carbonyl (C=O) groups excluding carboxylic acids is 1. The van der Waals surface area contributed by atoms with Gasteiger partial charge in [-0.2, -0.15) is 0 Å². The maximum atomic E-state index is 12.5. The average molecular weight is 585 g/mol. The minimum Gasteiger partial charge on any atom is -0.493 e. The zero-order valence-electron chi connectivity index (χ0n) is 20.5. The van der Waals surface area contributed by atoms with Crippen molar-refractivity contribution in [3.05, 3.63) is 106 Å². The van der Waals surface area contributed by atoms with E-state index in [4.69, 9.17) is 32.7 Å². The molecule has 39 heavy (non-hydrogen) atoms. The molecule has 1 heterocycles. The van der Waals surface area contributed by atoms with Crippen LogP contribution in [-0.4, -0.2) is 31.4 Å². The number of ether oxygens (including phenoxy) is 2. The standard InChI is InChI=1S/C27H22Cl2N4O5S/c1-37-25-16-18(6-12-24(25)38-17-21-22(28)4-2-5-23(21)29)7-13-26(34)32-19-8-10-20(11-9-19)39(35,36)33-27-30-14-3-15-31-27/h2-16H,17H2,1H3,(H,32,34)(H,30,31,33). The molecule has 2 N–H and O–H groups in total. The van der Waals surface area contributed by atoms with E-state index in [-0.39, 0.29) is 17.5 Å². The third-order valence-electron chi connectivity index (χ3n) is 5.27. The minimum absolute atomic E-state index is 0.00490. The largest absolute Gasteiger partial charge is 0.493 e. The summed E-state index contributed by atoms with van der Waals surface area (Å²) in [6.07, 6.45) is 5.80. The van der Waals surface area contributed by atoms with Crippen molar-refractivity contribution in [3.63, 3.8) is 0 Å². The van der Waals surface area contributed by atoms with Gasteiger partial charge in [-0.1, -0.05) is 35.3 Å². The molecule has 0 spiro atoms. The molecule has 0 aliphatic rings. The lowest BCUT2D eigenvalue weighted by atomic mass is 10.2. The highest BCUT2D eigenvalue weighted by Crippen LogP contribution is 2.31. The van der Waals surface area contributed by atoms with Crippen LogP contribution in [0.25, 0.3) is 6.08 Å². The van der Waals surface area contributed by atoms with Crippen LogP contribution in [0, 0.1) is 0 Å². The molecule has 3 aromatic carbocycles. The summed E-state index contributed by atoms with van der Waals surface area (Å²) >= 11 is 12.4. The van der Waals surface area contributed by atoms with Crippen molar-refractivity contribution in [2.45, 2.75) is 11.5 Å². The van der Waals surface area contributed by atoms with Crippen molar-refractivity contribution in [1.29, 1.82) is 0 Å². The van der Waals surface area contributed by atoms with Crippen molar-refractivity contribution >= 4 is 56.8 Å². The molecule has 1 amide bonds. The van der Waals surface area contributed by atoms with Crippen LogP contribution in [0.3, 0.4) is 0 Å². The quantitative estimate of drug-likeness (QED) is 0.225. The number of anilines is 2. The molecule has 0 unspecified atom stereocenters. The fraction of sp³-hybridized carbons (Fsp3) is 0.0741. The Morgan fingerprint density at radius 3 is 2.31 bits per heavy atom. The fourth-order valence-electron chi connectivity index (χ4n) is 3.33. The van der Waals surface area contributed by atoms with E-state index in [1.165, 1.54) is 49.8 Å². The summed E-state index contributed by atoms with van der Waals surface area (Å²) in [5, 5.41) is 3.69. The lowest BCUT2D eigenvalue weighted by molar-refractivity contribution is -0.111. The number of aromatic nitrogens is 2. The van der Waals surface area contributed by atoms with Gasteiger partial charge in [0.25, 0.3) is 10.0 Å². The van der Waals surface area contributed by atoms with Crippen LogP contribution >= 0.6 is 23.2 Å². The van der Waals surface area contributed by atoms with Crippen LogP contribution < -0.4 is 19.5 Å². The average Bonchev–Trinajstić information content (AvgIpc) is 2.92. The molecule has 1 aromatic heterocycles. The van der Waals surface area contributed by atoms with Crippen LogP contribution in [0.5, 0.6) is 11.5 Å². The molecule has 0 radical (unpaired) electrons. The maximum Gasteiger partial charge on any atom is 0.264 e. The summed E-state index contributed by atoms with van der Waals surface area (Å²) in [5.74, 6) is 0.501. The molecule has 0 aliphatic carbocycles. The number of rotatable bonds is 10. The number of amides is 1. The van der Waals surface area contributed by atoms with Gasteiger partial charge >= 0.3 is 0 Å². The fourth-order valence-corrected chi connectivity index (χ4v) is 4.80. The van der Waals surface area contributed by atoms with E-state index in [9.17, 15) is 13.2 Å². The van der Waals surface area contributed by atoms with Crippen LogP contribution in [0.4, 0.5) is 11.6 Å². The first-order valence-corrected chi connectivity index (χ1v) is 13.6. The summed E-state index contributed by atoms with van der Waals surface area (Å²) in [7, 11) is -2.37. The van der Waals surface area contributed by atoms with Crippen molar-refractivity contribution < 1.29 is 22.7 Å². The van der Waals surface area contributed by atoms with Gasteiger partial charge in [0, 0.05) is 39.8 Å². The summed E-state index contributed by atoms with van der Waals surface area (Å²) in [4.78, 5) is 20.1. The first-order valence-electron chi connectivity index (χ1n) is 11.4. The number of methoxy groups -OCH3 is 1. The van der Waals surface area contributed by atoms with E-state index in [0.29, 0.717) is 38.4 Å². The molecular formula is C27H22Cl2N4O5S. The van der Waals surface area contributed by atoms with Gasteiger partial charge in [-0.15, -0.1) is 0 Å². The van der Waals surface area contributed by atoms with Gasteiger partial charge in [0.05, 0.1) is 12.0 Å². The van der Waals surface area contributed by atoms with Crippen LogP contribution in [0.2, 0.25) is 10.0 Å². The van der Waals surface area contributed by atoms with Gasteiger partial charge in [-0.05, 0) is 66.2 Å². The summed E-state index contributed by atoms with van der Waals surface area (Å²) < 4.78 is 38.6. The number of carbonyl (C=O) groups is 1. The second kappa shape index (κ2) is 12.6. The summed E-state index contributed by atoms with van der Waals surface area (Å²) in [5.41, 5.74) is 1.77. The van der Waals surface area contributed by atoms with E-state index in [1.807, 2.05) is 0 Å². The Morgan fingerprint density at radius 2 is 1.64 bits per heavy atom.